The maximum atomic E-state index is 12.3. The Kier molecular flexibility index (Phi) is 6.11. The first-order valence-corrected chi connectivity index (χ1v) is 9.22. The number of nitrogens with one attached hydrogen (secondary N) is 1. The molecule has 0 aliphatic rings. The Hall–Kier alpha value is -3.12. The standard InChI is InChI=1S/C22H23NO5/c1-3-15-11-21(25)28-20-12-17(9-10-18(15)20)27-14(2)22(26)23-13-19(24)16-7-5-4-6-8-16/h4-12,14,19,24H,3,13H2,1-2H3,(H,23,26). The van der Waals surface area contributed by atoms with Crippen molar-refractivity contribution < 1.29 is 19.1 Å². The van der Waals surface area contributed by atoms with Crippen LogP contribution >= 0.6 is 0 Å². The summed E-state index contributed by atoms with van der Waals surface area (Å²) in [6.45, 7) is 3.67. The molecule has 28 heavy (non-hydrogen) atoms. The Labute approximate surface area is 162 Å². The van der Waals surface area contributed by atoms with E-state index in [0.29, 0.717) is 17.8 Å². The number of fused-ring (bicyclic) bond motifs is 1. The van der Waals surface area contributed by atoms with E-state index in [-0.39, 0.29) is 12.5 Å². The van der Waals surface area contributed by atoms with E-state index < -0.39 is 17.8 Å². The maximum Gasteiger partial charge on any atom is 0.336 e. The molecule has 1 amide bonds. The van der Waals surface area contributed by atoms with Crippen LogP contribution in [0.25, 0.3) is 11.0 Å². The molecule has 146 valence electrons. The lowest BCUT2D eigenvalue weighted by molar-refractivity contribution is -0.127. The zero-order valence-electron chi connectivity index (χ0n) is 15.8. The summed E-state index contributed by atoms with van der Waals surface area (Å²) in [6, 6.07) is 15.8. The van der Waals surface area contributed by atoms with Gasteiger partial charge < -0.3 is 19.6 Å². The molecule has 0 fully saturated rings. The van der Waals surface area contributed by atoms with E-state index in [1.165, 1.54) is 6.07 Å². The van der Waals surface area contributed by atoms with Gasteiger partial charge in [-0.05, 0) is 36.6 Å². The van der Waals surface area contributed by atoms with Crippen LogP contribution in [0.2, 0.25) is 0 Å². The number of aliphatic hydroxyl groups is 1. The second-order valence-electron chi connectivity index (χ2n) is 6.53. The summed E-state index contributed by atoms with van der Waals surface area (Å²) in [7, 11) is 0. The van der Waals surface area contributed by atoms with Gasteiger partial charge in [-0.1, -0.05) is 37.3 Å². The Morgan fingerprint density at radius 3 is 2.64 bits per heavy atom. The fourth-order valence-electron chi connectivity index (χ4n) is 2.97. The lowest BCUT2D eigenvalue weighted by atomic mass is 10.1. The molecule has 0 saturated carbocycles. The van der Waals surface area contributed by atoms with Crippen molar-refractivity contribution >= 4 is 16.9 Å². The van der Waals surface area contributed by atoms with Gasteiger partial charge in [0.05, 0.1) is 6.10 Å². The van der Waals surface area contributed by atoms with Gasteiger partial charge in [-0.3, -0.25) is 4.79 Å². The fourth-order valence-corrected chi connectivity index (χ4v) is 2.97. The van der Waals surface area contributed by atoms with Gasteiger partial charge in [0.25, 0.3) is 5.91 Å². The maximum absolute atomic E-state index is 12.3. The van der Waals surface area contributed by atoms with Crippen LogP contribution in [-0.4, -0.2) is 23.7 Å². The zero-order chi connectivity index (χ0) is 20.1. The van der Waals surface area contributed by atoms with Crippen LogP contribution in [0.3, 0.4) is 0 Å². The molecule has 0 aliphatic carbocycles. The molecule has 1 aromatic heterocycles. The summed E-state index contributed by atoms with van der Waals surface area (Å²) in [4.78, 5) is 24.0. The smallest absolute Gasteiger partial charge is 0.336 e. The van der Waals surface area contributed by atoms with E-state index in [1.54, 1.807) is 31.2 Å². The normalized spacial score (nSPS) is 13.1. The molecule has 0 saturated heterocycles. The highest BCUT2D eigenvalue weighted by Crippen LogP contribution is 2.23. The monoisotopic (exact) mass is 381 g/mol. The molecule has 0 radical (unpaired) electrons. The topological polar surface area (TPSA) is 88.8 Å². The highest BCUT2D eigenvalue weighted by molar-refractivity contribution is 5.83. The molecule has 0 aliphatic heterocycles. The Morgan fingerprint density at radius 2 is 1.93 bits per heavy atom. The SMILES string of the molecule is CCc1cc(=O)oc2cc(OC(C)C(=O)NCC(O)c3ccccc3)ccc12. The van der Waals surface area contributed by atoms with Crippen molar-refractivity contribution in [3.8, 4) is 5.75 Å². The Balaban J connectivity index is 1.64. The Bertz CT molecular complexity index is 1010. The van der Waals surface area contributed by atoms with Gasteiger partial charge in [0, 0.05) is 24.1 Å². The number of hydrogen-bond acceptors (Lipinski definition) is 5. The van der Waals surface area contributed by atoms with Crippen LogP contribution in [0.4, 0.5) is 0 Å². The summed E-state index contributed by atoms with van der Waals surface area (Å²) in [5.41, 5.74) is 1.64. The molecule has 2 N–H and O–H groups in total. The number of carbonyl (C=O) groups excluding carboxylic acids is 1. The minimum absolute atomic E-state index is 0.0863. The quantitative estimate of drug-likeness (QED) is 0.614. The Morgan fingerprint density at radius 1 is 1.18 bits per heavy atom. The number of aliphatic hydroxyl groups excluding tert-OH is 1. The van der Waals surface area contributed by atoms with Crippen molar-refractivity contribution in [3.63, 3.8) is 0 Å². The molecule has 2 aromatic carbocycles. The van der Waals surface area contributed by atoms with E-state index in [1.807, 2.05) is 31.2 Å². The number of benzene rings is 2. The van der Waals surface area contributed by atoms with Gasteiger partial charge in [-0.2, -0.15) is 0 Å². The average molecular weight is 381 g/mol. The lowest BCUT2D eigenvalue weighted by Crippen LogP contribution is -2.38. The second-order valence-corrected chi connectivity index (χ2v) is 6.53. The number of amides is 1. The highest BCUT2D eigenvalue weighted by Gasteiger charge is 2.17. The van der Waals surface area contributed by atoms with Crippen LogP contribution < -0.4 is 15.7 Å². The summed E-state index contributed by atoms with van der Waals surface area (Å²) in [6.07, 6.45) is -0.855. The first-order valence-electron chi connectivity index (χ1n) is 9.22. The van der Waals surface area contributed by atoms with Crippen molar-refractivity contribution in [2.75, 3.05) is 6.54 Å². The van der Waals surface area contributed by atoms with Crippen LogP contribution in [0.15, 0.2) is 63.8 Å². The first-order chi connectivity index (χ1) is 13.5. The summed E-state index contributed by atoms with van der Waals surface area (Å²) < 4.78 is 10.9. The molecule has 6 nitrogen and oxygen atoms in total. The molecule has 1 heterocycles. The fraction of sp³-hybridized carbons (Fsp3) is 0.273. The van der Waals surface area contributed by atoms with Gasteiger partial charge in [0.2, 0.25) is 0 Å². The second kappa shape index (κ2) is 8.71. The molecule has 2 atom stereocenters. The van der Waals surface area contributed by atoms with Crippen LogP contribution in [0.5, 0.6) is 5.75 Å². The molecule has 0 spiro atoms. The summed E-state index contributed by atoms with van der Waals surface area (Å²) in [5, 5.41) is 13.7. The van der Waals surface area contributed by atoms with Gasteiger partial charge in [-0.15, -0.1) is 0 Å². The largest absolute Gasteiger partial charge is 0.481 e. The highest BCUT2D eigenvalue weighted by atomic mass is 16.5. The van der Waals surface area contributed by atoms with E-state index in [4.69, 9.17) is 9.15 Å². The zero-order valence-corrected chi connectivity index (χ0v) is 15.8. The van der Waals surface area contributed by atoms with Crippen LogP contribution in [0.1, 0.15) is 31.1 Å². The van der Waals surface area contributed by atoms with Gasteiger partial charge in [-0.25, -0.2) is 4.79 Å². The minimum atomic E-state index is -0.792. The number of ether oxygens (including phenoxy) is 1. The van der Waals surface area contributed by atoms with Crippen LogP contribution in [-0.2, 0) is 11.2 Å². The van der Waals surface area contributed by atoms with Gasteiger partial charge in [0.1, 0.15) is 11.3 Å². The van der Waals surface area contributed by atoms with Crippen LogP contribution in [0, 0.1) is 0 Å². The molecule has 6 heteroatoms. The summed E-state index contributed by atoms with van der Waals surface area (Å²) >= 11 is 0. The van der Waals surface area contributed by atoms with E-state index in [2.05, 4.69) is 5.32 Å². The molecule has 3 rings (SSSR count). The van der Waals surface area contributed by atoms with E-state index in [9.17, 15) is 14.7 Å². The molecule has 0 bridgehead atoms. The predicted octanol–water partition coefficient (Wildman–Crippen LogP) is 2.97. The van der Waals surface area contributed by atoms with Gasteiger partial charge in [0.15, 0.2) is 6.10 Å². The van der Waals surface area contributed by atoms with Crippen molar-refractivity contribution in [1.29, 1.82) is 0 Å². The number of aryl methyl sites for hydroxylation is 1. The van der Waals surface area contributed by atoms with E-state index >= 15 is 0 Å². The first kappa shape index (κ1) is 19.6. The molecular formula is C22H23NO5. The lowest BCUT2D eigenvalue weighted by Gasteiger charge is -2.17. The average Bonchev–Trinajstić information content (AvgIpc) is 2.71. The predicted molar refractivity (Wildman–Crippen MR) is 106 cm³/mol. The molecule has 3 aromatic rings. The number of hydrogen-bond donors (Lipinski definition) is 2. The number of rotatable bonds is 7. The van der Waals surface area contributed by atoms with Crippen molar-refractivity contribution in [3.05, 3.63) is 76.1 Å². The summed E-state index contributed by atoms with van der Waals surface area (Å²) in [5.74, 6) is 0.0778. The van der Waals surface area contributed by atoms with Crippen molar-refractivity contribution in [2.24, 2.45) is 0 Å². The van der Waals surface area contributed by atoms with Crippen molar-refractivity contribution in [2.45, 2.75) is 32.5 Å². The van der Waals surface area contributed by atoms with Crippen molar-refractivity contribution in [1.82, 2.24) is 5.32 Å². The van der Waals surface area contributed by atoms with Gasteiger partial charge >= 0.3 is 5.63 Å². The molecular weight excluding hydrogens is 358 g/mol. The molecule has 2 unspecified atom stereocenters. The number of carbonyl (C=O) groups is 1. The minimum Gasteiger partial charge on any atom is -0.481 e. The third-order valence-corrected chi connectivity index (χ3v) is 4.52. The van der Waals surface area contributed by atoms with E-state index in [0.717, 1.165) is 16.5 Å². The third-order valence-electron chi connectivity index (χ3n) is 4.52. The third kappa shape index (κ3) is 4.58.